The first-order chi connectivity index (χ1) is 12.2. The molecular weight excluding hydrogens is 328 g/mol. The molecule has 5 nitrogen and oxygen atoms in total. The van der Waals surface area contributed by atoms with E-state index < -0.39 is 23.0 Å². The number of fused-ring (bicyclic) bond motifs is 1. The number of aliphatic hydroxyl groups is 1. The van der Waals surface area contributed by atoms with Crippen LogP contribution < -0.4 is 5.56 Å². The molecule has 0 saturated carbocycles. The van der Waals surface area contributed by atoms with Crippen molar-refractivity contribution in [1.29, 1.82) is 5.26 Å². The number of nitrogens with zero attached hydrogens (tertiary/aromatic N) is 1. The molecule has 1 aliphatic rings. The number of carbonyl (C=O) groups excluding carboxylic acids is 1. The van der Waals surface area contributed by atoms with Crippen molar-refractivity contribution < 1.29 is 9.90 Å². The molecule has 134 valence electrons. The number of Topliss-reactive ketones (excluding diaryl/α,β-unsaturated/α-hetero) is 1. The molecule has 1 heterocycles. The van der Waals surface area contributed by atoms with Crippen LogP contribution >= 0.6 is 0 Å². The van der Waals surface area contributed by atoms with Gasteiger partial charge in [0, 0.05) is 18.0 Å². The van der Waals surface area contributed by atoms with E-state index in [1.165, 1.54) is 6.92 Å². The fourth-order valence-corrected chi connectivity index (χ4v) is 4.32. The fraction of sp³-hybridized carbons (Fsp3) is 0.381. The third kappa shape index (κ3) is 2.77. The van der Waals surface area contributed by atoms with Crippen molar-refractivity contribution in [2.75, 3.05) is 0 Å². The number of hydrogen-bond donors (Lipinski definition) is 2. The van der Waals surface area contributed by atoms with Gasteiger partial charge in [-0.05, 0) is 44.4 Å². The van der Waals surface area contributed by atoms with Crippen LogP contribution in [0.2, 0.25) is 0 Å². The first kappa shape index (κ1) is 18.1. The van der Waals surface area contributed by atoms with Crippen LogP contribution in [0.15, 0.2) is 29.1 Å². The predicted molar refractivity (Wildman–Crippen MR) is 98.0 cm³/mol. The highest BCUT2D eigenvalue weighted by atomic mass is 16.3. The summed E-state index contributed by atoms with van der Waals surface area (Å²) in [5, 5.41) is 20.6. The minimum Gasteiger partial charge on any atom is -0.389 e. The smallest absolute Gasteiger partial charge is 0.266 e. The number of nitrogens with one attached hydrogen (secondary N) is 1. The van der Waals surface area contributed by atoms with Gasteiger partial charge in [0.2, 0.25) is 0 Å². The molecule has 0 spiro atoms. The van der Waals surface area contributed by atoms with Crippen LogP contribution in [0.1, 0.15) is 53.3 Å². The van der Waals surface area contributed by atoms with E-state index in [1.54, 1.807) is 13.8 Å². The summed E-state index contributed by atoms with van der Waals surface area (Å²) >= 11 is 0. The van der Waals surface area contributed by atoms with Gasteiger partial charge in [0.1, 0.15) is 17.4 Å². The first-order valence-electron chi connectivity index (χ1n) is 8.62. The van der Waals surface area contributed by atoms with E-state index in [0.29, 0.717) is 11.3 Å². The van der Waals surface area contributed by atoms with Gasteiger partial charge in [-0.25, -0.2) is 0 Å². The number of rotatable bonds is 2. The van der Waals surface area contributed by atoms with Crippen LogP contribution in [0, 0.1) is 31.1 Å². The number of carbonyl (C=O) groups is 1. The normalized spacial score (nSPS) is 24.6. The number of nitriles is 1. The SMILES string of the molecule is CC(=O)C1C(c2ccc(C)cc2)c2c(C)[nH]c(=O)c(C#N)c2CC1(C)O. The third-order valence-corrected chi connectivity index (χ3v) is 5.39. The van der Waals surface area contributed by atoms with Gasteiger partial charge < -0.3 is 10.1 Å². The van der Waals surface area contributed by atoms with E-state index in [2.05, 4.69) is 4.98 Å². The van der Waals surface area contributed by atoms with Crippen LogP contribution in [0.3, 0.4) is 0 Å². The number of aromatic amines is 1. The van der Waals surface area contributed by atoms with Gasteiger partial charge in [-0.3, -0.25) is 9.59 Å². The topological polar surface area (TPSA) is 94.0 Å². The second kappa shape index (κ2) is 6.22. The Hall–Kier alpha value is -2.71. The zero-order valence-corrected chi connectivity index (χ0v) is 15.4. The zero-order chi connectivity index (χ0) is 19.2. The monoisotopic (exact) mass is 350 g/mol. The molecule has 0 aliphatic heterocycles. The summed E-state index contributed by atoms with van der Waals surface area (Å²) in [6.45, 7) is 6.85. The van der Waals surface area contributed by atoms with Gasteiger partial charge in [-0.2, -0.15) is 5.26 Å². The van der Waals surface area contributed by atoms with Crippen LogP contribution in [0.4, 0.5) is 0 Å². The summed E-state index contributed by atoms with van der Waals surface area (Å²) in [7, 11) is 0. The molecule has 0 saturated heterocycles. The number of aryl methyl sites for hydroxylation is 2. The Balaban J connectivity index is 2.39. The highest BCUT2D eigenvalue weighted by molar-refractivity contribution is 5.82. The van der Waals surface area contributed by atoms with E-state index in [-0.39, 0.29) is 17.8 Å². The lowest BCUT2D eigenvalue weighted by molar-refractivity contribution is -0.130. The molecule has 0 bridgehead atoms. The van der Waals surface area contributed by atoms with Gasteiger partial charge >= 0.3 is 0 Å². The molecule has 3 unspecified atom stereocenters. The predicted octanol–water partition coefficient (Wildman–Crippen LogP) is 2.51. The average Bonchev–Trinajstić information content (AvgIpc) is 2.53. The van der Waals surface area contributed by atoms with Gasteiger partial charge in [0.15, 0.2) is 0 Å². The summed E-state index contributed by atoms with van der Waals surface area (Å²) in [6, 6.07) is 9.78. The Morgan fingerprint density at radius 3 is 2.46 bits per heavy atom. The molecule has 5 heteroatoms. The Morgan fingerprint density at radius 1 is 1.31 bits per heavy atom. The van der Waals surface area contributed by atoms with Gasteiger partial charge in [-0.1, -0.05) is 29.8 Å². The highest BCUT2D eigenvalue weighted by Crippen LogP contribution is 2.47. The van der Waals surface area contributed by atoms with E-state index in [9.17, 15) is 20.0 Å². The van der Waals surface area contributed by atoms with Crippen molar-refractivity contribution in [2.45, 2.75) is 45.6 Å². The summed E-state index contributed by atoms with van der Waals surface area (Å²) in [5.74, 6) is -1.19. The van der Waals surface area contributed by atoms with Gasteiger partial charge in [-0.15, -0.1) is 0 Å². The summed E-state index contributed by atoms with van der Waals surface area (Å²) < 4.78 is 0. The highest BCUT2D eigenvalue weighted by Gasteiger charge is 2.48. The number of ketones is 1. The van der Waals surface area contributed by atoms with Crippen LogP contribution in [-0.2, 0) is 11.2 Å². The number of pyridine rings is 1. The zero-order valence-electron chi connectivity index (χ0n) is 15.4. The second-order valence-electron chi connectivity index (χ2n) is 7.47. The minimum atomic E-state index is -1.35. The van der Waals surface area contributed by atoms with Crippen molar-refractivity contribution in [3.05, 3.63) is 68.1 Å². The lowest BCUT2D eigenvalue weighted by Crippen LogP contribution is -2.49. The number of benzene rings is 1. The van der Waals surface area contributed by atoms with E-state index in [1.807, 2.05) is 37.3 Å². The molecular formula is C21H22N2O3. The van der Waals surface area contributed by atoms with Crippen molar-refractivity contribution in [3.63, 3.8) is 0 Å². The van der Waals surface area contributed by atoms with E-state index in [0.717, 1.165) is 16.7 Å². The fourth-order valence-electron chi connectivity index (χ4n) is 4.32. The largest absolute Gasteiger partial charge is 0.389 e. The molecule has 1 aromatic carbocycles. The Kier molecular flexibility index (Phi) is 4.33. The van der Waals surface area contributed by atoms with Crippen molar-refractivity contribution in [3.8, 4) is 6.07 Å². The summed E-state index contributed by atoms with van der Waals surface area (Å²) in [4.78, 5) is 27.5. The summed E-state index contributed by atoms with van der Waals surface area (Å²) in [6.07, 6.45) is 0.0998. The molecule has 0 amide bonds. The molecule has 2 N–H and O–H groups in total. The molecule has 3 rings (SSSR count). The molecule has 0 radical (unpaired) electrons. The molecule has 0 fully saturated rings. The second-order valence-corrected chi connectivity index (χ2v) is 7.47. The van der Waals surface area contributed by atoms with Gasteiger partial charge in [0.05, 0.1) is 11.5 Å². The maximum atomic E-state index is 12.5. The summed E-state index contributed by atoms with van der Waals surface area (Å²) in [5.41, 5.74) is 2.14. The standard InChI is InChI=1S/C21H22N2O3/c1-11-5-7-14(8-6-11)18-17-12(2)23-20(25)16(10-22)15(17)9-21(4,26)19(18)13(3)24/h5-8,18-19,26H,9H2,1-4H3,(H,23,25). The molecule has 2 aromatic rings. The number of H-pyrrole nitrogens is 1. The van der Waals surface area contributed by atoms with Crippen molar-refractivity contribution in [1.82, 2.24) is 4.98 Å². The minimum absolute atomic E-state index is 0.0185. The van der Waals surface area contributed by atoms with Crippen molar-refractivity contribution >= 4 is 5.78 Å². The maximum absolute atomic E-state index is 12.5. The first-order valence-corrected chi connectivity index (χ1v) is 8.62. The Morgan fingerprint density at radius 2 is 1.92 bits per heavy atom. The quantitative estimate of drug-likeness (QED) is 0.870. The van der Waals surface area contributed by atoms with Crippen LogP contribution in [0.5, 0.6) is 0 Å². The Bertz CT molecular complexity index is 978. The lowest BCUT2D eigenvalue weighted by atomic mass is 9.62. The Labute approximate surface area is 152 Å². The maximum Gasteiger partial charge on any atom is 0.266 e. The van der Waals surface area contributed by atoms with Crippen molar-refractivity contribution in [2.24, 2.45) is 5.92 Å². The third-order valence-electron chi connectivity index (χ3n) is 5.39. The lowest BCUT2D eigenvalue weighted by Gasteiger charge is -2.43. The molecule has 1 aromatic heterocycles. The van der Waals surface area contributed by atoms with Gasteiger partial charge in [0.25, 0.3) is 5.56 Å². The van der Waals surface area contributed by atoms with E-state index in [4.69, 9.17) is 0 Å². The number of hydrogen-bond acceptors (Lipinski definition) is 4. The average molecular weight is 350 g/mol. The molecule has 26 heavy (non-hydrogen) atoms. The molecule has 3 atom stereocenters. The van der Waals surface area contributed by atoms with Crippen LogP contribution in [-0.4, -0.2) is 21.5 Å². The van der Waals surface area contributed by atoms with Crippen LogP contribution in [0.25, 0.3) is 0 Å². The molecule has 1 aliphatic carbocycles. The number of aromatic nitrogens is 1. The van der Waals surface area contributed by atoms with E-state index >= 15 is 0 Å².